The number of thioether (sulfide) groups is 1. The average Bonchev–Trinajstić information content (AvgIpc) is 3.19. The lowest BCUT2D eigenvalue weighted by Gasteiger charge is -2.16. The summed E-state index contributed by atoms with van der Waals surface area (Å²) in [4.78, 5) is 27.2. The first kappa shape index (κ1) is 25.7. The van der Waals surface area contributed by atoms with Gasteiger partial charge in [-0.15, -0.1) is 5.10 Å². The summed E-state index contributed by atoms with van der Waals surface area (Å²) in [5.74, 6) is -0.150. The molecule has 0 radical (unpaired) electrons. The number of hydrogen-bond acceptors (Lipinski definition) is 8. The Balaban J connectivity index is 1.56. The molecule has 1 atom stereocenters. The van der Waals surface area contributed by atoms with Crippen LogP contribution in [0.15, 0.2) is 76.9 Å². The van der Waals surface area contributed by atoms with Crippen LogP contribution in [0.3, 0.4) is 0 Å². The molecule has 3 aromatic carbocycles. The molecule has 0 spiro atoms. The number of amidine groups is 1. The lowest BCUT2D eigenvalue weighted by atomic mass is 10.2. The van der Waals surface area contributed by atoms with Crippen LogP contribution in [0, 0.1) is 5.82 Å². The van der Waals surface area contributed by atoms with E-state index in [1.165, 1.54) is 61.7 Å². The Morgan fingerprint density at radius 1 is 1.11 bits per heavy atom. The first-order valence-electron chi connectivity index (χ1n) is 11.1. The monoisotopic (exact) mass is 522 g/mol. The number of ether oxygens (including phenoxy) is 2. The highest BCUT2D eigenvalue weighted by Gasteiger charge is 2.40. The topological polar surface area (TPSA) is 113 Å². The van der Waals surface area contributed by atoms with E-state index in [2.05, 4.69) is 15.5 Å². The van der Waals surface area contributed by atoms with Gasteiger partial charge in [-0.3, -0.25) is 14.5 Å². The summed E-state index contributed by atoms with van der Waals surface area (Å²) in [5.41, 5.74) is 1.49. The van der Waals surface area contributed by atoms with E-state index in [9.17, 15) is 19.1 Å². The number of nitrogens with one attached hydrogen (secondary N) is 1. The van der Waals surface area contributed by atoms with E-state index >= 15 is 0 Å². The molecule has 9 nitrogen and oxygen atoms in total. The molecule has 2 amide bonds. The molecule has 1 aliphatic rings. The SMILES string of the molecule is COc1ccc(C=NN=C2SC(CC(=O)Nc3ccc(F)cc3)C(=O)N2c2cccc(O)c2)cc1OC. The predicted molar refractivity (Wildman–Crippen MR) is 141 cm³/mol. The van der Waals surface area contributed by atoms with Gasteiger partial charge >= 0.3 is 0 Å². The highest BCUT2D eigenvalue weighted by molar-refractivity contribution is 8.16. The van der Waals surface area contributed by atoms with Crippen LogP contribution in [0.5, 0.6) is 17.2 Å². The number of halogens is 1. The Bertz CT molecular complexity index is 1360. The Labute approximate surface area is 216 Å². The van der Waals surface area contributed by atoms with Crippen LogP contribution in [0.2, 0.25) is 0 Å². The van der Waals surface area contributed by atoms with Crippen molar-refractivity contribution in [3.8, 4) is 17.2 Å². The molecular weight excluding hydrogens is 499 g/mol. The van der Waals surface area contributed by atoms with Crippen molar-refractivity contribution >= 4 is 46.3 Å². The Morgan fingerprint density at radius 2 is 1.86 bits per heavy atom. The van der Waals surface area contributed by atoms with Crippen LogP contribution in [-0.2, 0) is 9.59 Å². The molecule has 190 valence electrons. The van der Waals surface area contributed by atoms with Gasteiger partial charge in [-0.2, -0.15) is 5.10 Å². The largest absolute Gasteiger partial charge is 0.508 e. The van der Waals surface area contributed by atoms with Gasteiger partial charge in [-0.25, -0.2) is 4.39 Å². The van der Waals surface area contributed by atoms with Crippen LogP contribution in [0.1, 0.15) is 12.0 Å². The third-order valence-corrected chi connectivity index (χ3v) is 6.41. The van der Waals surface area contributed by atoms with Crippen molar-refractivity contribution in [3.05, 3.63) is 78.1 Å². The molecule has 1 aliphatic heterocycles. The van der Waals surface area contributed by atoms with Crippen LogP contribution >= 0.6 is 11.8 Å². The zero-order valence-corrected chi connectivity index (χ0v) is 20.7. The van der Waals surface area contributed by atoms with Crippen molar-refractivity contribution < 1.29 is 28.6 Å². The van der Waals surface area contributed by atoms with Gasteiger partial charge in [0.1, 0.15) is 16.8 Å². The van der Waals surface area contributed by atoms with Crippen molar-refractivity contribution in [1.82, 2.24) is 0 Å². The van der Waals surface area contributed by atoms with Crippen LogP contribution in [-0.4, -0.2) is 47.8 Å². The first-order valence-corrected chi connectivity index (χ1v) is 11.9. The lowest BCUT2D eigenvalue weighted by Crippen LogP contribution is -2.33. The number of phenolic OH excluding ortho intramolecular Hbond substituents is 1. The first-order chi connectivity index (χ1) is 17.9. The second kappa shape index (κ2) is 11.6. The molecule has 3 aromatic rings. The van der Waals surface area contributed by atoms with Gasteiger partial charge in [0.15, 0.2) is 16.7 Å². The number of hydrogen-bond donors (Lipinski definition) is 2. The van der Waals surface area contributed by atoms with Crippen LogP contribution in [0.4, 0.5) is 15.8 Å². The molecule has 0 bridgehead atoms. The quantitative estimate of drug-likeness (QED) is 0.335. The maximum absolute atomic E-state index is 13.3. The Kier molecular flexibility index (Phi) is 8.04. The number of benzene rings is 3. The van der Waals surface area contributed by atoms with E-state index < -0.39 is 17.0 Å². The molecule has 11 heteroatoms. The second-order valence-corrected chi connectivity index (χ2v) is 8.97. The van der Waals surface area contributed by atoms with Gasteiger partial charge in [0.25, 0.3) is 0 Å². The van der Waals surface area contributed by atoms with E-state index in [4.69, 9.17) is 9.47 Å². The van der Waals surface area contributed by atoms with Crippen molar-refractivity contribution in [2.75, 3.05) is 24.4 Å². The number of nitrogens with zero attached hydrogens (tertiary/aromatic N) is 3. The minimum Gasteiger partial charge on any atom is -0.508 e. The van der Waals surface area contributed by atoms with Gasteiger partial charge in [0.2, 0.25) is 11.8 Å². The van der Waals surface area contributed by atoms with Gasteiger partial charge in [0.05, 0.1) is 26.1 Å². The summed E-state index contributed by atoms with van der Waals surface area (Å²) in [6.07, 6.45) is 1.35. The maximum Gasteiger partial charge on any atom is 0.247 e. The number of carbonyl (C=O) groups excluding carboxylic acids is 2. The zero-order chi connectivity index (χ0) is 26.4. The Hall–Kier alpha value is -4.38. The fourth-order valence-corrected chi connectivity index (χ4v) is 4.62. The number of amides is 2. The molecule has 2 N–H and O–H groups in total. The predicted octanol–water partition coefficient (Wildman–Crippen LogP) is 4.42. The van der Waals surface area contributed by atoms with Gasteiger partial charge in [0, 0.05) is 18.2 Å². The number of anilines is 2. The summed E-state index contributed by atoms with van der Waals surface area (Å²) in [5, 5.41) is 20.4. The highest BCUT2D eigenvalue weighted by Crippen LogP contribution is 2.35. The highest BCUT2D eigenvalue weighted by atomic mass is 32.2. The third-order valence-electron chi connectivity index (χ3n) is 5.28. The summed E-state index contributed by atoms with van der Waals surface area (Å²) in [6.45, 7) is 0. The van der Waals surface area contributed by atoms with Crippen molar-refractivity contribution in [1.29, 1.82) is 0 Å². The molecule has 1 fully saturated rings. The maximum atomic E-state index is 13.3. The number of methoxy groups -OCH3 is 2. The van der Waals surface area contributed by atoms with E-state index in [0.717, 1.165) is 11.8 Å². The molecule has 4 rings (SSSR count). The van der Waals surface area contributed by atoms with E-state index in [0.29, 0.717) is 28.4 Å². The smallest absolute Gasteiger partial charge is 0.247 e. The number of phenols is 1. The third kappa shape index (κ3) is 6.25. The summed E-state index contributed by atoms with van der Waals surface area (Å²) in [6, 6.07) is 16.7. The minimum atomic E-state index is -0.780. The standard InChI is InChI=1S/C26H23FN4O5S/c1-35-21-11-6-16(12-22(21)36-2)15-28-30-26-31(19-4-3-5-20(32)13-19)25(34)23(37-26)14-24(33)29-18-9-7-17(27)8-10-18/h3-13,15,23,32H,14H2,1-2H3,(H,29,33). The molecule has 1 saturated heterocycles. The van der Waals surface area contributed by atoms with Gasteiger partial charge in [-0.1, -0.05) is 17.8 Å². The van der Waals surface area contributed by atoms with Gasteiger partial charge < -0.3 is 19.9 Å². The summed E-state index contributed by atoms with van der Waals surface area (Å²) in [7, 11) is 3.07. The number of rotatable bonds is 8. The summed E-state index contributed by atoms with van der Waals surface area (Å²) >= 11 is 1.08. The van der Waals surface area contributed by atoms with Crippen LogP contribution in [0.25, 0.3) is 0 Å². The number of carbonyl (C=O) groups is 2. The summed E-state index contributed by atoms with van der Waals surface area (Å²) < 4.78 is 23.7. The molecule has 1 unspecified atom stereocenters. The molecule has 0 saturated carbocycles. The molecule has 1 heterocycles. The lowest BCUT2D eigenvalue weighted by molar-refractivity contribution is -0.121. The fraction of sp³-hybridized carbons (Fsp3) is 0.154. The Morgan fingerprint density at radius 3 is 2.57 bits per heavy atom. The minimum absolute atomic E-state index is 0.0269. The second-order valence-electron chi connectivity index (χ2n) is 7.80. The number of aromatic hydroxyl groups is 1. The van der Waals surface area contributed by atoms with Crippen LogP contribution < -0.4 is 19.7 Å². The normalized spacial score (nSPS) is 16.4. The van der Waals surface area contributed by atoms with Crippen molar-refractivity contribution in [3.63, 3.8) is 0 Å². The molecule has 37 heavy (non-hydrogen) atoms. The molecule has 0 aromatic heterocycles. The molecular formula is C26H23FN4O5S. The van der Waals surface area contributed by atoms with Crippen molar-refractivity contribution in [2.24, 2.45) is 10.2 Å². The molecule has 0 aliphatic carbocycles. The van der Waals surface area contributed by atoms with E-state index in [1.807, 2.05) is 0 Å². The zero-order valence-electron chi connectivity index (χ0n) is 19.9. The van der Waals surface area contributed by atoms with Crippen molar-refractivity contribution in [2.45, 2.75) is 11.7 Å². The average molecular weight is 523 g/mol. The fourth-order valence-electron chi connectivity index (χ4n) is 3.53. The van der Waals surface area contributed by atoms with Gasteiger partial charge in [-0.05, 0) is 60.2 Å². The van der Waals surface area contributed by atoms with E-state index in [1.54, 1.807) is 30.3 Å². The van der Waals surface area contributed by atoms with E-state index in [-0.39, 0.29) is 23.2 Å².